The minimum Gasteiger partial charge on any atom is -0.396 e. The summed E-state index contributed by atoms with van der Waals surface area (Å²) in [4.78, 5) is 14.4. The number of rotatable bonds is 5. The van der Waals surface area contributed by atoms with E-state index in [2.05, 4.69) is 4.90 Å². The van der Waals surface area contributed by atoms with Crippen LogP contribution in [0, 0.1) is 5.92 Å². The average molecular weight is 243 g/mol. The van der Waals surface area contributed by atoms with Crippen LogP contribution in [0.2, 0.25) is 0 Å². The third-order valence-corrected chi connectivity index (χ3v) is 4.80. The molecule has 16 heavy (non-hydrogen) atoms. The molecule has 2 rings (SSSR count). The lowest BCUT2D eigenvalue weighted by Gasteiger charge is -2.39. The van der Waals surface area contributed by atoms with Gasteiger partial charge in [0.05, 0.1) is 0 Å². The zero-order valence-electron chi connectivity index (χ0n) is 9.73. The standard InChI is InChI=1S/C12H21NO2S/c14-7-2-6-13(11-3-1-4-11)12(15)10-5-8-16-9-10/h10-11,14H,1-9H2. The van der Waals surface area contributed by atoms with Gasteiger partial charge in [0.25, 0.3) is 0 Å². The second-order valence-electron chi connectivity index (χ2n) is 4.75. The van der Waals surface area contributed by atoms with Gasteiger partial charge in [-0.2, -0.15) is 11.8 Å². The molecule has 92 valence electrons. The van der Waals surface area contributed by atoms with Gasteiger partial charge in [-0.05, 0) is 37.9 Å². The largest absolute Gasteiger partial charge is 0.396 e. The summed E-state index contributed by atoms with van der Waals surface area (Å²) < 4.78 is 0. The molecule has 0 aromatic heterocycles. The molecule has 1 aliphatic carbocycles. The van der Waals surface area contributed by atoms with Crippen molar-refractivity contribution in [2.75, 3.05) is 24.7 Å². The van der Waals surface area contributed by atoms with Crippen LogP contribution in [-0.4, -0.2) is 46.6 Å². The van der Waals surface area contributed by atoms with E-state index >= 15 is 0 Å². The van der Waals surface area contributed by atoms with Crippen LogP contribution < -0.4 is 0 Å². The smallest absolute Gasteiger partial charge is 0.226 e. The average Bonchev–Trinajstić information content (AvgIpc) is 2.73. The quantitative estimate of drug-likeness (QED) is 0.795. The van der Waals surface area contributed by atoms with E-state index in [1.54, 1.807) is 0 Å². The number of amides is 1. The Balaban J connectivity index is 1.90. The molecule has 4 heteroatoms. The summed E-state index contributed by atoms with van der Waals surface area (Å²) in [5.41, 5.74) is 0. The van der Waals surface area contributed by atoms with E-state index in [0.717, 1.165) is 43.7 Å². The predicted molar refractivity (Wildman–Crippen MR) is 66.5 cm³/mol. The van der Waals surface area contributed by atoms with Crippen molar-refractivity contribution in [3.63, 3.8) is 0 Å². The second kappa shape index (κ2) is 5.92. The molecule has 0 radical (unpaired) electrons. The van der Waals surface area contributed by atoms with E-state index in [0.29, 0.717) is 11.9 Å². The summed E-state index contributed by atoms with van der Waals surface area (Å²) in [5.74, 6) is 2.74. The first kappa shape index (κ1) is 12.2. The Labute approximate surface area is 102 Å². The summed E-state index contributed by atoms with van der Waals surface area (Å²) in [6, 6.07) is 0.477. The lowest BCUT2D eigenvalue weighted by atomic mass is 9.90. The van der Waals surface area contributed by atoms with Gasteiger partial charge in [-0.15, -0.1) is 0 Å². The van der Waals surface area contributed by atoms with Crippen molar-refractivity contribution in [2.45, 2.75) is 38.1 Å². The number of hydrogen-bond donors (Lipinski definition) is 1. The van der Waals surface area contributed by atoms with Crippen LogP contribution >= 0.6 is 11.8 Å². The third-order valence-electron chi connectivity index (χ3n) is 3.63. The molecule has 1 heterocycles. The van der Waals surface area contributed by atoms with E-state index in [1.165, 1.54) is 6.42 Å². The molecule has 0 bridgehead atoms. The number of nitrogens with zero attached hydrogens (tertiary/aromatic N) is 1. The van der Waals surface area contributed by atoms with Crippen molar-refractivity contribution >= 4 is 17.7 Å². The van der Waals surface area contributed by atoms with Crippen LogP contribution in [0.3, 0.4) is 0 Å². The first-order chi connectivity index (χ1) is 7.83. The minimum atomic E-state index is 0.190. The molecular formula is C12H21NO2S. The van der Waals surface area contributed by atoms with Crippen molar-refractivity contribution in [2.24, 2.45) is 5.92 Å². The topological polar surface area (TPSA) is 40.5 Å². The molecule has 1 saturated carbocycles. The Morgan fingerprint density at radius 1 is 1.38 bits per heavy atom. The number of carbonyl (C=O) groups is 1. The van der Waals surface area contributed by atoms with Crippen LogP contribution in [0.4, 0.5) is 0 Å². The SMILES string of the molecule is O=C(C1CCSC1)N(CCCO)C1CCC1. The molecule has 0 aromatic rings. The third kappa shape index (κ3) is 2.72. The van der Waals surface area contributed by atoms with E-state index in [4.69, 9.17) is 5.11 Å². The molecule has 1 aliphatic heterocycles. The lowest BCUT2D eigenvalue weighted by Crippen LogP contribution is -2.47. The monoisotopic (exact) mass is 243 g/mol. The molecule has 0 aromatic carbocycles. The van der Waals surface area contributed by atoms with Crippen LogP contribution in [0.5, 0.6) is 0 Å². The zero-order chi connectivity index (χ0) is 11.4. The molecular weight excluding hydrogens is 222 g/mol. The van der Waals surface area contributed by atoms with Crippen molar-refractivity contribution < 1.29 is 9.90 Å². The van der Waals surface area contributed by atoms with E-state index < -0.39 is 0 Å². The fraction of sp³-hybridized carbons (Fsp3) is 0.917. The second-order valence-corrected chi connectivity index (χ2v) is 5.90. The maximum Gasteiger partial charge on any atom is 0.226 e. The van der Waals surface area contributed by atoms with Gasteiger partial charge in [0.1, 0.15) is 0 Å². The van der Waals surface area contributed by atoms with Gasteiger partial charge in [0.2, 0.25) is 5.91 Å². The minimum absolute atomic E-state index is 0.190. The molecule has 3 nitrogen and oxygen atoms in total. The van der Waals surface area contributed by atoms with E-state index in [-0.39, 0.29) is 12.5 Å². The Kier molecular flexibility index (Phi) is 4.53. The van der Waals surface area contributed by atoms with Gasteiger partial charge in [-0.1, -0.05) is 0 Å². The highest BCUT2D eigenvalue weighted by molar-refractivity contribution is 7.99. The van der Waals surface area contributed by atoms with Crippen LogP contribution in [-0.2, 0) is 4.79 Å². The maximum atomic E-state index is 12.3. The molecule has 1 saturated heterocycles. The molecule has 2 aliphatic rings. The van der Waals surface area contributed by atoms with Crippen molar-refractivity contribution in [3.8, 4) is 0 Å². The van der Waals surface area contributed by atoms with Gasteiger partial charge >= 0.3 is 0 Å². The molecule has 1 amide bonds. The Bertz CT molecular complexity index is 237. The van der Waals surface area contributed by atoms with Gasteiger partial charge in [-0.25, -0.2) is 0 Å². The highest BCUT2D eigenvalue weighted by atomic mass is 32.2. The summed E-state index contributed by atoms with van der Waals surface area (Å²) in [6.07, 6.45) is 5.36. The Morgan fingerprint density at radius 3 is 2.69 bits per heavy atom. The number of carbonyl (C=O) groups excluding carboxylic acids is 1. The van der Waals surface area contributed by atoms with Gasteiger partial charge in [-0.3, -0.25) is 4.79 Å². The fourth-order valence-electron chi connectivity index (χ4n) is 2.38. The molecule has 1 N–H and O–H groups in total. The van der Waals surface area contributed by atoms with Gasteiger partial charge in [0.15, 0.2) is 0 Å². The molecule has 2 fully saturated rings. The number of hydrogen-bond acceptors (Lipinski definition) is 3. The first-order valence-electron chi connectivity index (χ1n) is 6.32. The summed E-state index contributed by atoms with van der Waals surface area (Å²) in [7, 11) is 0. The fourth-order valence-corrected chi connectivity index (χ4v) is 3.59. The van der Waals surface area contributed by atoms with Crippen LogP contribution in [0.15, 0.2) is 0 Å². The predicted octanol–water partition coefficient (Wildman–Crippen LogP) is 1.50. The summed E-state index contributed by atoms with van der Waals surface area (Å²) in [6.45, 7) is 0.942. The van der Waals surface area contributed by atoms with Crippen LogP contribution in [0.25, 0.3) is 0 Å². The normalized spacial score (nSPS) is 25.4. The van der Waals surface area contributed by atoms with Crippen molar-refractivity contribution in [1.29, 1.82) is 0 Å². The Morgan fingerprint density at radius 2 is 2.19 bits per heavy atom. The van der Waals surface area contributed by atoms with Gasteiger partial charge < -0.3 is 10.0 Å². The first-order valence-corrected chi connectivity index (χ1v) is 7.47. The van der Waals surface area contributed by atoms with Crippen LogP contribution in [0.1, 0.15) is 32.1 Å². The highest BCUT2D eigenvalue weighted by Gasteiger charge is 2.33. The van der Waals surface area contributed by atoms with Crippen molar-refractivity contribution in [1.82, 2.24) is 4.90 Å². The van der Waals surface area contributed by atoms with E-state index in [1.807, 2.05) is 11.8 Å². The summed E-state index contributed by atoms with van der Waals surface area (Å²) >= 11 is 1.89. The van der Waals surface area contributed by atoms with E-state index in [9.17, 15) is 4.79 Å². The number of thioether (sulfide) groups is 1. The maximum absolute atomic E-state index is 12.3. The number of aliphatic hydroxyl groups excluding tert-OH is 1. The highest BCUT2D eigenvalue weighted by Crippen LogP contribution is 2.30. The molecule has 1 atom stereocenters. The summed E-state index contributed by atoms with van der Waals surface area (Å²) in [5, 5.41) is 8.89. The molecule has 1 unspecified atom stereocenters. The number of aliphatic hydroxyl groups is 1. The zero-order valence-corrected chi connectivity index (χ0v) is 10.5. The Hall–Kier alpha value is -0.220. The lowest BCUT2D eigenvalue weighted by molar-refractivity contribution is -0.139. The van der Waals surface area contributed by atoms with Crippen molar-refractivity contribution in [3.05, 3.63) is 0 Å². The molecule has 0 spiro atoms. The van der Waals surface area contributed by atoms with Gasteiger partial charge in [0, 0.05) is 30.9 Å².